The number of rotatable bonds is 2. The lowest BCUT2D eigenvalue weighted by molar-refractivity contribution is 0.00550. The van der Waals surface area contributed by atoms with Crippen LogP contribution in [0.15, 0.2) is 24.4 Å². The maximum atomic E-state index is 12.7. The average molecular weight is 317 g/mol. The number of amides is 1. The van der Waals surface area contributed by atoms with E-state index in [0.29, 0.717) is 11.7 Å². The number of carbonyl (C=O) groups is 1. The Morgan fingerprint density at radius 3 is 2.91 bits per heavy atom. The number of ether oxygens (including phenoxy) is 1. The molecular weight excluding hydrogens is 290 g/mol. The van der Waals surface area contributed by atoms with Crippen molar-refractivity contribution in [1.82, 2.24) is 14.8 Å². The molecule has 23 heavy (non-hydrogen) atoms. The first-order valence-electron chi connectivity index (χ1n) is 8.62. The van der Waals surface area contributed by atoms with Crippen molar-refractivity contribution >= 4 is 5.91 Å². The first kappa shape index (κ1) is 16.4. The highest BCUT2D eigenvalue weighted by Gasteiger charge is 2.40. The van der Waals surface area contributed by atoms with Crippen molar-refractivity contribution < 1.29 is 9.53 Å². The van der Waals surface area contributed by atoms with Crippen LogP contribution in [0.4, 0.5) is 0 Å². The van der Waals surface area contributed by atoms with E-state index in [1.807, 2.05) is 17.0 Å². The molecule has 5 nitrogen and oxygen atoms in total. The Kier molecular flexibility index (Phi) is 4.97. The van der Waals surface area contributed by atoms with Crippen molar-refractivity contribution in [3.8, 4) is 0 Å². The average Bonchev–Trinajstić information content (AvgIpc) is 2.78. The second-order valence-corrected chi connectivity index (χ2v) is 7.16. The van der Waals surface area contributed by atoms with Gasteiger partial charge in [-0.3, -0.25) is 14.7 Å². The molecule has 1 aromatic rings. The fraction of sp³-hybridized carbons (Fsp3) is 0.667. The number of pyridine rings is 1. The van der Waals surface area contributed by atoms with Crippen molar-refractivity contribution in [2.75, 3.05) is 39.4 Å². The minimum Gasteiger partial charge on any atom is -0.379 e. The topological polar surface area (TPSA) is 45.7 Å². The van der Waals surface area contributed by atoms with Gasteiger partial charge >= 0.3 is 0 Å². The summed E-state index contributed by atoms with van der Waals surface area (Å²) in [5.74, 6) is 0.0463. The van der Waals surface area contributed by atoms with Gasteiger partial charge in [-0.15, -0.1) is 0 Å². The highest BCUT2D eigenvalue weighted by Crippen LogP contribution is 2.34. The minimum absolute atomic E-state index is 0.0463. The van der Waals surface area contributed by atoms with Crippen LogP contribution < -0.4 is 0 Å². The van der Waals surface area contributed by atoms with E-state index in [-0.39, 0.29) is 11.3 Å². The third-order valence-corrected chi connectivity index (χ3v) is 5.03. The molecule has 0 aromatic carbocycles. The molecule has 1 aromatic heterocycles. The van der Waals surface area contributed by atoms with E-state index in [1.165, 1.54) is 0 Å². The molecule has 3 rings (SSSR count). The summed E-state index contributed by atoms with van der Waals surface area (Å²) in [6.07, 6.45) is 3.85. The molecule has 0 radical (unpaired) electrons. The zero-order chi connectivity index (χ0) is 16.3. The molecule has 126 valence electrons. The van der Waals surface area contributed by atoms with Gasteiger partial charge in [0.15, 0.2) is 0 Å². The van der Waals surface area contributed by atoms with Crippen LogP contribution in [0.25, 0.3) is 0 Å². The second kappa shape index (κ2) is 6.97. The summed E-state index contributed by atoms with van der Waals surface area (Å²) in [7, 11) is 0. The first-order chi connectivity index (χ1) is 11.1. The van der Waals surface area contributed by atoms with Gasteiger partial charge in [0, 0.05) is 43.8 Å². The molecule has 5 heteroatoms. The minimum atomic E-state index is 0.0463. The smallest absolute Gasteiger partial charge is 0.272 e. The van der Waals surface area contributed by atoms with Gasteiger partial charge in [-0.2, -0.15) is 0 Å². The third-order valence-electron chi connectivity index (χ3n) is 5.03. The van der Waals surface area contributed by atoms with Crippen LogP contribution in [0.3, 0.4) is 0 Å². The van der Waals surface area contributed by atoms with Gasteiger partial charge in [-0.05, 0) is 38.8 Å². The normalized spacial score (nSPS) is 26.5. The molecular formula is C18H27N3O2. The molecule has 2 aliphatic rings. The summed E-state index contributed by atoms with van der Waals surface area (Å²) < 4.78 is 5.91. The summed E-state index contributed by atoms with van der Waals surface area (Å²) >= 11 is 0. The zero-order valence-corrected chi connectivity index (χ0v) is 14.2. The lowest BCUT2D eigenvalue weighted by atomic mass is 9.79. The fourth-order valence-electron chi connectivity index (χ4n) is 3.75. The Labute approximate surface area is 138 Å². The summed E-state index contributed by atoms with van der Waals surface area (Å²) in [6.45, 7) is 9.59. The largest absolute Gasteiger partial charge is 0.379 e. The van der Waals surface area contributed by atoms with Crippen molar-refractivity contribution in [2.24, 2.45) is 5.41 Å². The highest BCUT2D eigenvalue weighted by molar-refractivity contribution is 5.92. The van der Waals surface area contributed by atoms with Gasteiger partial charge in [-0.25, -0.2) is 0 Å². The number of aromatic nitrogens is 1. The van der Waals surface area contributed by atoms with Crippen molar-refractivity contribution in [2.45, 2.75) is 32.7 Å². The molecule has 1 amide bonds. The van der Waals surface area contributed by atoms with E-state index in [4.69, 9.17) is 4.74 Å². The monoisotopic (exact) mass is 317 g/mol. The van der Waals surface area contributed by atoms with Crippen molar-refractivity contribution in [3.63, 3.8) is 0 Å². The molecule has 1 spiro atoms. The van der Waals surface area contributed by atoms with E-state index in [1.54, 1.807) is 12.3 Å². The van der Waals surface area contributed by atoms with E-state index in [2.05, 4.69) is 23.7 Å². The zero-order valence-electron chi connectivity index (χ0n) is 14.2. The lowest BCUT2D eigenvalue weighted by Crippen LogP contribution is -2.53. The van der Waals surface area contributed by atoms with Crippen LogP contribution in [0.5, 0.6) is 0 Å². The fourth-order valence-corrected chi connectivity index (χ4v) is 3.75. The standard InChI is InChI=1S/C18H27N3O2/c1-15(2)20-10-11-23-14-18(12-20)7-5-9-21(13-18)17(22)16-6-3-4-8-19-16/h3-4,6,8,15H,5,7,9-14H2,1-2H3. The number of likely N-dealkylation sites (tertiary alicyclic amines) is 1. The van der Waals surface area contributed by atoms with Gasteiger partial charge < -0.3 is 9.64 Å². The summed E-state index contributed by atoms with van der Waals surface area (Å²) in [5.41, 5.74) is 0.600. The maximum absolute atomic E-state index is 12.7. The molecule has 1 atom stereocenters. The van der Waals surface area contributed by atoms with Gasteiger partial charge in [0.2, 0.25) is 0 Å². The van der Waals surface area contributed by atoms with Gasteiger partial charge in [-0.1, -0.05) is 6.07 Å². The van der Waals surface area contributed by atoms with Gasteiger partial charge in [0.1, 0.15) is 5.69 Å². The predicted molar refractivity (Wildman–Crippen MR) is 89.3 cm³/mol. The Bertz CT molecular complexity index is 534. The Balaban J connectivity index is 1.75. The van der Waals surface area contributed by atoms with Crippen molar-refractivity contribution in [1.29, 1.82) is 0 Å². The quantitative estimate of drug-likeness (QED) is 0.837. The molecule has 0 aliphatic carbocycles. The predicted octanol–water partition coefficient (Wildman–Crippen LogP) is 2.04. The lowest BCUT2D eigenvalue weighted by Gasteiger charge is -2.44. The van der Waals surface area contributed by atoms with E-state index in [9.17, 15) is 4.79 Å². The maximum Gasteiger partial charge on any atom is 0.272 e. The van der Waals surface area contributed by atoms with Crippen LogP contribution in [-0.2, 0) is 4.74 Å². The molecule has 0 saturated carbocycles. The van der Waals surface area contributed by atoms with Crippen LogP contribution >= 0.6 is 0 Å². The summed E-state index contributed by atoms with van der Waals surface area (Å²) in [4.78, 5) is 21.4. The SMILES string of the molecule is CC(C)N1CCOCC2(CCCN(C(=O)c3ccccn3)C2)C1. The molecule has 0 N–H and O–H groups in total. The first-order valence-corrected chi connectivity index (χ1v) is 8.62. The number of hydrogen-bond acceptors (Lipinski definition) is 4. The highest BCUT2D eigenvalue weighted by atomic mass is 16.5. The number of piperidine rings is 1. The molecule has 3 heterocycles. The van der Waals surface area contributed by atoms with E-state index in [0.717, 1.165) is 52.2 Å². The summed E-state index contributed by atoms with van der Waals surface area (Å²) in [5, 5.41) is 0. The van der Waals surface area contributed by atoms with Gasteiger partial charge in [0.05, 0.1) is 13.2 Å². The molecule has 0 bridgehead atoms. The Hall–Kier alpha value is -1.46. The Morgan fingerprint density at radius 2 is 2.17 bits per heavy atom. The van der Waals surface area contributed by atoms with Crippen molar-refractivity contribution in [3.05, 3.63) is 30.1 Å². The van der Waals surface area contributed by atoms with Gasteiger partial charge in [0.25, 0.3) is 5.91 Å². The van der Waals surface area contributed by atoms with E-state index >= 15 is 0 Å². The van der Waals surface area contributed by atoms with E-state index < -0.39 is 0 Å². The van der Waals surface area contributed by atoms with Crippen LogP contribution in [0, 0.1) is 5.41 Å². The molecule has 1 unspecified atom stereocenters. The molecule has 2 aliphatic heterocycles. The Morgan fingerprint density at radius 1 is 1.30 bits per heavy atom. The number of nitrogens with zero attached hydrogens (tertiary/aromatic N) is 3. The van der Waals surface area contributed by atoms with Crippen LogP contribution in [0.1, 0.15) is 37.2 Å². The molecule has 2 fully saturated rings. The van der Waals surface area contributed by atoms with Crippen LogP contribution in [-0.4, -0.2) is 66.1 Å². The number of hydrogen-bond donors (Lipinski definition) is 0. The van der Waals surface area contributed by atoms with Crippen LogP contribution in [0.2, 0.25) is 0 Å². The third kappa shape index (κ3) is 3.72. The summed E-state index contributed by atoms with van der Waals surface area (Å²) in [6, 6.07) is 6.02. The molecule has 2 saturated heterocycles. The second-order valence-electron chi connectivity index (χ2n) is 7.16. The number of carbonyl (C=O) groups excluding carboxylic acids is 1.